The van der Waals surface area contributed by atoms with Gasteiger partial charge in [-0.1, -0.05) is 30.3 Å². The van der Waals surface area contributed by atoms with Crippen molar-refractivity contribution in [3.63, 3.8) is 0 Å². The number of carbonyl (C=O) groups is 4. The number of benzene rings is 1. The van der Waals surface area contributed by atoms with Crippen molar-refractivity contribution in [1.82, 2.24) is 10.2 Å². The summed E-state index contributed by atoms with van der Waals surface area (Å²) in [4.78, 5) is 49.9. The Hall–Kier alpha value is -2.63. The number of ether oxygens (including phenoxy) is 1. The van der Waals surface area contributed by atoms with Crippen LogP contribution in [0.3, 0.4) is 0 Å². The third-order valence-electron chi connectivity index (χ3n) is 4.61. The first kappa shape index (κ1) is 21.1. The zero-order chi connectivity index (χ0) is 21.1. The van der Waals surface area contributed by atoms with E-state index < -0.39 is 41.2 Å². The van der Waals surface area contributed by atoms with Gasteiger partial charge in [0.2, 0.25) is 16.4 Å². The normalized spacial score (nSPS) is 21.7. The fraction of sp³-hybridized carbons (Fsp3) is 0.333. The van der Waals surface area contributed by atoms with E-state index in [2.05, 4.69) is 5.32 Å². The highest BCUT2D eigenvalue weighted by Crippen LogP contribution is 2.40. The average Bonchev–Trinajstić information content (AvgIpc) is 2.74. The van der Waals surface area contributed by atoms with Crippen LogP contribution in [0, 0.1) is 0 Å². The van der Waals surface area contributed by atoms with Gasteiger partial charge in [0.05, 0.1) is 0 Å². The van der Waals surface area contributed by atoms with Gasteiger partial charge < -0.3 is 20.2 Å². The van der Waals surface area contributed by atoms with Crippen LogP contribution < -0.4 is 11.1 Å². The van der Waals surface area contributed by atoms with Crippen molar-refractivity contribution in [2.45, 2.75) is 24.4 Å². The highest BCUT2D eigenvalue weighted by atomic mass is 32.2. The molecule has 0 radical (unpaired) electrons. The number of nitrogens with zero attached hydrogens (tertiary/aromatic N) is 1. The van der Waals surface area contributed by atoms with Crippen molar-refractivity contribution < 1.29 is 28.3 Å². The summed E-state index contributed by atoms with van der Waals surface area (Å²) in [6.07, 6.45) is 0. The van der Waals surface area contributed by atoms with Crippen LogP contribution >= 0.6 is 11.8 Å². The molecule has 2 aliphatic rings. The molecule has 3 N–H and O–H groups in total. The number of hydrogen-bond donors (Lipinski definition) is 2. The first-order valence-electron chi connectivity index (χ1n) is 8.84. The lowest BCUT2D eigenvalue weighted by Crippen LogP contribution is -2.71. The third kappa shape index (κ3) is 4.21. The highest BCUT2D eigenvalue weighted by molar-refractivity contribution is 8.00. The summed E-state index contributed by atoms with van der Waals surface area (Å²) in [5, 5.41) is 2.23. The van der Waals surface area contributed by atoms with Crippen LogP contribution in [0.25, 0.3) is 0 Å². The van der Waals surface area contributed by atoms with E-state index in [-0.39, 0.29) is 22.8 Å². The Morgan fingerprint density at radius 3 is 2.66 bits per heavy atom. The molecule has 2 amide bonds. The number of hydrogen-bond acceptors (Lipinski definition) is 8. The smallest absolute Gasteiger partial charge is 0.341 e. The number of thioether (sulfide) groups is 1. The second-order valence-corrected chi connectivity index (χ2v) is 8.02. The van der Waals surface area contributed by atoms with Gasteiger partial charge in [0.15, 0.2) is 0 Å². The van der Waals surface area contributed by atoms with Gasteiger partial charge in [-0.15, -0.1) is 11.8 Å². The third-order valence-corrected chi connectivity index (χ3v) is 6.32. The molecule has 154 valence electrons. The zero-order valence-electron chi connectivity index (χ0n) is 15.9. The SMILES string of the molecule is CC(=O)OCC1=C(C(=O)O[SiH3])N2C(=O)[C@@H](NC(=O)[C@@H](N)c3ccccc3)[C@H]2SC1. The number of nitrogens with two attached hydrogens (primary N) is 1. The molecule has 1 aromatic rings. The Bertz CT molecular complexity index is 878. The molecule has 2 heterocycles. The summed E-state index contributed by atoms with van der Waals surface area (Å²) < 4.78 is 9.92. The lowest BCUT2D eigenvalue weighted by atomic mass is 10.0. The maximum atomic E-state index is 12.7. The number of esters is 1. The number of carbonyl (C=O) groups excluding carboxylic acids is 4. The maximum Gasteiger partial charge on any atom is 0.341 e. The molecule has 1 aromatic carbocycles. The van der Waals surface area contributed by atoms with Crippen molar-refractivity contribution >= 4 is 46.0 Å². The molecule has 0 aliphatic carbocycles. The summed E-state index contributed by atoms with van der Waals surface area (Å²) in [5.74, 6) is -1.67. The molecule has 3 atom stereocenters. The first-order valence-corrected chi connectivity index (χ1v) is 10.7. The summed E-state index contributed by atoms with van der Waals surface area (Å²) in [5.41, 5.74) is 7.22. The predicted octanol–water partition coefficient (Wildman–Crippen LogP) is -1.27. The van der Waals surface area contributed by atoms with Gasteiger partial charge in [0, 0.05) is 18.2 Å². The summed E-state index contributed by atoms with van der Waals surface area (Å²) in [6.45, 7) is 1.17. The Morgan fingerprint density at radius 2 is 2.03 bits per heavy atom. The summed E-state index contributed by atoms with van der Waals surface area (Å²) in [6, 6.07) is 7.13. The average molecular weight is 436 g/mol. The van der Waals surface area contributed by atoms with Crippen molar-refractivity contribution in [2.75, 3.05) is 12.4 Å². The quantitative estimate of drug-likeness (QED) is 0.322. The molecule has 0 unspecified atom stereocenters. The lowest BCUT2D eigenvalue weighted by Gasteiger charge is -2.49. The fourth-order valence-corrected chi connectivity index (χ4v) is 4.64. The molecular formula is C18H21N3O6SSi. The van der Waals surface area contributed by atoms with Gasteiger partial charge in [-0.2, -0.15) is 0 Å². The van der Waals surface area contributed by atoms with Crippen LogP contribution in [0.4, 0.5) is 0 Å². The Morgan fingerprint density at radius 1 is 1.34 bits per heavy atom. The monoisotopic (exact) mass is 435 g/mol. The van der Waals surface area contributed by atoms with E-state index in [0.717, 1.165) is 0 Å². The fourth-order valence-electron chi connectivity index (χ4n) is 3.12. The van der Waals surface area contributed by atoms with Gasteiger partial charge in [-0.25, -0.2) is 4.79 Å². The molecule has 2 aliphatic heterocycles. The number of amides is 2. The van der Waals surface area contributed by atoms with Gasteiger partial charge >= 0.3 is 11.9 Å². The molecule has 9 nitrogen and oxygen atoms in total. The maximum absolute atomic E-state index is 12.7. The molecule has 0 bridgehead atoms. The second-order valence-electron chi connectivity index (χ2n) is 6.51. The van der Waals surface area contributed by atoms with Crippen molar-refractivity contribution in [1.29, 1.82) is 0 Å². The van der Waals surface area contributed by atoms with E-state index in [9.17, 15) is 19.2 Å². The molecule has 0 spiro atoms. The van der Waals surface area contributed by atoms with Crippen LogP contribution in [0.1, 0.15) is 18.5 Å². The molecule has 0 saturated carbocycles. The first-order chi connectivity index (χ1) is 13.8. The minimum Gasteiger partial charge on any atom is -0.524 e. The van der Waals surface area contributed by atoms with E-state index in [4.69, 9.17) is 14.9 Å². The molecule has 0 aromatic heterocycles. The van der Waals surface area contributed by atoms with Crippen molar-refractivity contribution in [3.05, 3.63) is 47.2 Å². The minimum atomic E-state index is -0.909. The largest absolute Gasteiger partial charge is 0.524 e. The van der Waals surface area contributed by atoms with Crippen molar-refractivity contribution in [2.24, 2.45) is 5.73 Å². The van der Waals surface area contributed by atoms with E-state index in [1.807, 2.05) is 6.07 Å². The van der Waals surface area contributed by atoms with Gasteiger partial charge in [0.25, 0.3) is 5.91 Å². The minimum absolute atomic E-state index is 0.0906. The van der Waals surface area contributed by atoms with E-state index in [1.54, 1.807) is 24.3 Å². The molecule has 3 rings (SSSR count). The van der Waals surface area contributed by atoms with Crippen molar-refractivity contribution in [3.8, 4) is 0 Å². The van der Waals surface area contributed by atoms with Crippen LogP contribution in [0.15, 0.2) is 41.6 Å². The Balaban J connectivity index is 1.74. The zero-order valence-corrected chi connectivity index (χ0v) is 18.7. The number of nitrogens with one attached hydrogen (secondary N) is 1. The van der Waals surface area contributed by atoms with Gasteiger partial charge in [0.1, 0.15) is 29.8 Å². The van der Waals surface area contributed by atoms with E-state index in [0.29, 0.717) is 16.9 Å². The number of rotatable bonds is 6. The molecule has 29 heavy (non-hydrogen) atoms. The lowest BCUT2D eigenvalue weighted by molar-refractivity contribution is -0.150. The van der Waals surface area contributed by atoms with Crippen LogP contribution in [-0.4, -0.2) is 62.9 Å². The Labute approximate surface area is 174 Å². The Kier molecular flexibility index (Phi) is 6.40. The standard InChI is InChI=1S/C18H21N3O6SSi/c1-9(22)26-7-11-8-28-17-13(16(24)21(17)14(11)18(25)27-29)20-15(23)12(19)10-5-3-2-4-6-10/h2-6,12-13,17H,7-8,19H2,1,29H3,(H,20,23)/t12-,13+,17+/m0/s1. The molecular weight excluding hydrogens is 414 g/mol. The predicted molar refractivity (Wildman–Crippen MR) is 108 cm³/mol. The topological polar surface area (TPSA) is 128 Å². The van der Waals surface area contributed by atoms with Gasteiger partial charge in [-0.05, 0) is 5.56 Å². The number of β-lactam (4-membered cyclic amide) rings is 1. The molecule has 11 heteroatoms. The summed E-state index contributed by atoms with van der Waals surface area (Å²) >= 11 is 1.37. The van der Waals surface area contributed by atoms with E-state index >= 15 is 0 Å². The second kappa shape index (κ2) is 8.80. The van der Waals surface area contributed by atoms with E-state index in [1.165, 1.54) is 23.6 Å². The van der Waals surface area contributed by atoms with Crippen LogP contribution in [-0.2, 0) is 28.3 Å². The molecule has 1 saturated heterocycles. The van der Waals surface area contributed by atoms with Gasteiger partial charge in [-0.3, -0.25) is 19.3 Å². The highest BCUT2D eigenvalue weighted by Gasteiger charge is 2.54. The van der Waals surface area contributed by atoms with Crippen LogP contribution in [0.2, 0.25) is 0 Å². The number of fused-ring (bicyclic) bond motifs is 1. The van der Waals surface area contributed by atoms with Crippen LogP contribution in [0.5, 0.6) is 0 Å². The summed E-state index contributed by atoms with van der Waals surface area (Å²) in [7, 11) is 0.154. The molecule has 1 fully saturated rings.